The summed E-state index contributed by atoms with van der Waals surface area (Å²) in [5.74, 6) is 0.849. The molecule has 0 spiro atoms. The largest absolute Gasteiger partial charge is 0.497 e. The molecule has 0 aliphatic rings. The van der Waals surface area contributed by atoms with Crippen molar-refractivity contribution in [3.8, 4) is 11.5 Å². The van der Waals surface area contributed by atoms with Gasteiger partial charge in [0.25, 0.3) is 15.9 Å². The highest BCUT2D eigenvalue weighted by Gasteiger charge is 2.16. The lowest BCUT2D eigenvalue weighted by molar-refractivity contribution is 0.102. The van der Waals surface area contributed by atoms with Crippen LogP contribution < -0.4 is 19.5 Å². The summed E-state index contributed by atoms with van der Waals surface area (Å²) in [6.45, 7) is 1.97. The normalized spacial score (nSPS) is 11.2. The number of sulfonamides is 1. The zero-order chi connectivity index (χ0) is 23.6. The minimum Gasteiger partial charge on any atom is -0.497 e. The molecule has 2 N–H and O–H groups in total. The van der Waals surface area contributed by atoms with Crippen LogP contribution in [0.4, 0.5) is 10.8 Å². The molecular formula is C23H21N3O5S2. The molecule has 4 rings (SSSR count). The minimum absolute atomic E-state index is 0.103. The smallest absolute Gasteiger partial charge is 0.261 e. The third-order valence-corrected chi connectivity index (χ3v) is 7.42. The molecule has 0 saturated heterocycles. The van der Waals surface area contributed by atoms with Gasteiger partial charge in [-0.15, -0.1) is 0 Å². The fourth-order valence-corrected chi connectivity index (χ4v) is 5.16. The lowest BCUT2D eigenvalue weighted by Crippen LogP contribution is -2.14. The van der Waals surface area contributed by atoms with Crippen LogP contribution in [-0.4, -0.2) is 33.5 Å². The number of aromatic nitrogens is 1. The molecule has 4 aromatic rings. The zero-order valence-electron chi connectivity index (χ0n) is 18.1. The molecule has 1 amide bonds. The molecule has 3 aromatic carbocycles. The van der Waals surface area contributed by atoms with Gasteiger partial charge in [-0.05, 0) is 67.1 Å². The van der Waals surface area contributed by atoms with Gasteiger partial charge in [0, 0.05) is 11.3 Å². The second-order valence-corrected chi connectivity index (χ2v) is 9.78. The number of ether oxygens (including phenoxy) is 2. The van der Waals surface area contributed by atoms with E-state index in [1.807, 2.05) is 19.1 Å². The third kappa shape index (κ3) is 4.76. The van der Waals surface area contributed by atoms with Gasteiger partial charge in [0.15, 0.2) is 5.13 Å². The van der Waals surface area contributed by atoms with Crippen molar-refractivity contribution in [3.63, 3.8) is 0 Å². The number of hydrogen-bond acceptors (Lipinski definition) is 7. The summed E-state index contributed by atoms with van der Waals surface area (Å²) in [6.07, 6.45) is 0. The molecule has 170 valence electrons. The average Bonchev–Trinajstić information content (AvgIpc) is 3.24. The number of nitrogens with zero attached hydrogens (tertiary/aromatic N) is 1. The van der Waals surface area contributed by atoms with Crippen molar-refractivity contribution < 1.29 is 22.7 Å². The third-order valence-electron chi connectivity index (χ3n) is 4.91. The lowest BCUT2D eigenvalue weighted by atomic mass is 10.2. The summed E-state index contributed by atoms with van der Waals surface area (Å²) in [4.78, 5) is 17.3. The molecule has 1 heterocycles. The van der Waals surface area contributed by atoms with Crippen molar-refractivity contribution in [2.75, 3.05) is 24.3 Å². The van der Waals surface area contributed by atoms with Gasteiger partial charge in [-0.3, -0.25) is 14.8 Å². The fraction of sp³-hybridized carbons (Fsp3) is 0.130. The Morgan fingerprint density at radius 2 is 1.64 bits per heavy atom. The number of carbonyl (C=O) groups excluding carboxylic acids is 1. The Morgan fingerprint density at radius 3 is 2.27 bits per heavy atom. The Labute approximate surface area is 195 Å². The van der Waals surface area contributed by atoms with Gasteiger partial charge >= 0.3 is 0 Å². The van der Waals surface area contributed by atoms with Crippen LogP contribution in [0.15, 0.2) is 65.6 Å². The minimum atomic E-state index is -3.77. The van der Waals surface area contributed by atoms with Crippen molar-refractivity contribution >= 4 is 48.3 Å². The molecule has 10 heteroatoms. The molecule has 0 saturated carbocycles. The number of benzene rings is 3. The van der Waals surface area contributed by atoms with E-state index in [1.54, 1.807) is 31.4 Å². The highest BCUT2D eigenvalue weighted by atomic mass is 32.2. The standard InChI is InChI=1S/C23H21N3O5S2/c1-14-4-13-19(31-3)20-21(14)32-23(24-20)25-22(27)15-5-7-16(8-6-15)26-33(28,29)18-11-9-17(30-2)10-12-18/h4-13,26H,1-3H3,(H,24,25,27). The number of amides is 1. The number of rotatable bonds is 7. The lowest BCUT2D eigenvalue weighted by Gasteiger charge is -2.09. The van der Waals surface area contributed by atoms with Crippen molar-refractivity contribution in [1.82, 2.24) is 4.98 Å². The van der Waals surface area contributed by atoms with Gasteiger partial charge in [0.05, 0.1) is 23.8 Å². The highest BCUT2D eigenvalue weighted by Crippen LogP contribution is 2.34. The van der Waals surface area contributed by atoms with Gasteiger partial charge in [-0.2, -0.15) is 0 Å². The average molecular weight is 484 g/mol. The number of hydrogen-bond donors (Lipinski definition) is 2. The van der Waals surface area contributed by atoms with Crippen molar-refractivity contribution in [2.45, 2.75) is 11.8 Å². The van der Waals surface area contributed by atoms with E-state index in [4.69, 9.17) is 9.47 Å². The first-order valence-electron chi connectivity index (χ1n) is 9.83. The van der Waals surface area contributed by atoms with Gasteiger partial charge in [-0.1, -0.05) is 17.4 Å². The molecule has 0 unspecified atom stereocenters. The van der Waals surface area contributed by atoms with Crippen molar-refractivity contribution in [2.24, 2.45) is 0 Å². The van der Waals surface area contributed by atoms with Crippen molar-refractivity contribution in [3.05, 3.63) is 71.8 Å². The molecule has 0 atom stereocenters. The predicted molar refractivity (Wildman–Crippen MR) is 129 cm³/mol. The molecule has 8 nitrogen and oxygen atoms in total. The second kappa shape index (κ2) is 9.08. The van der Waals surface area contributed by atoms with Gasteiger partial charge < -0.3 is 9.47 Å². The maximum absolute atomic E-state index is 12.7. The van der Waals surface area contributed by atoms with E-state index in [9.17, 15) is 13.2 Å². The molecule has 0 fully saturated rings. The fourth-order valence-electron chi connectivity index (χ4n) is 3.16. The number of anilines is 2. The Kier molecular flexibility index (Phi) is 6.21. The summed E-state index contributed by atoms with van der Waals surface area (Å²) in [5, 5.41) is 3.24. The van der Waals surface area contributed by atoms with E-state index in [0.29, 0.717) is 33.4 Å². The first kappa shape index (κ1) is 22.6. The van der Waals surface area contributed by atoms with Crippen LogP contribution in [0.5, 0.6) is 11.5 Å². The van der Waals surface area contributed by atoms with E-state index in [2.05, 4.69) is 15.0 Å². The van der Waals surface area contributed by atoms with Gasteiger partial charge in [-0.25, -0.2) is 13.4 Å². The van der Waals surface area contributed by atoms with Crippen molar-refractivity contribution in [1.29, 1.82) is 0 Å². The first-order chi connectivity index (χ1) is 15.8. The van der Waals surface area contributed by atoms with Gasteiger partial charge in [0.2, 0.25) is 0 Å². The molecular weight excluding hydrogens is 462 g/mol. The van der Waals surface area contributed by atoms with Crippen LogP contribution in [-0.2, 0) is 10.0 Å². The topological polar surface area (TPSA) is 107 Å². The molecule has 0 bridgehead atoms. The maximum Gasteiger partial charge on any atom is 0.261 e. The monoisotopic (exact) mass is 483 g/mol. The van der Waals surface area contributed by atoms with E-state index in [0.717, 1.165) is 10.3 Å². The number of carbonyl (C=O) groups is 1. The van der Waals surface area contributed by atoms with Crippen LogP contribution in [0.3, 0.4) is 0 Å². The van der Waals surface area contributed by atoms with E-state index >= 15 is 0 Å². The quantitative estimate of drug-likeness (QED) is 0.395. The summed E-state index contributed by atoms with van der Waals surface area (Å²) >= 11 is 1.36. The number of fused-ring (bicyclic) bond motifs is 1. The number of thiazole rings is 1. The number of nitrogens with one attached hydrogen (secondary N) is 2. The molecule has 1 aromatic heterocycles. The summed E-state index contributed by atoms with van der Waals surface area (Å²) in [6, 6.07) is 16.0. The summed E-state index contributed by atoms with van der Waals surface area (Å²) in [5.41, 5.74) is 2.44. The number of aryl methyl sites for hydroxylation is 1. The summed E-state index contributed by atoms with van der Waals surface area (Å²) in [7, 11) is -0.688. The SMILES string of the molecule is COc1ccc(S(=O)(=O)Nc2ccc(C(=O)Nc3nc4c(OC)ccc(C)c4s3)cc2)cc1. The van der Waals surface area contributed by atoms with Crippen LogP contribution in [0.25, 0.3) is 10.2 Å². The molecule has 0 aliphatic heterocycles. The predicted octanol–water partition coefficient (Wildman–Crippen LogP) is 4.68. The molecule has 0 aliphatic carbocycles. The second-order valence-electron chi connectivity index (χ2n) is 7.09. The van der Waals surface area contributed by atoms with Crippen LogP contribution in [0.2, 0.25) is 0 Å². The Hall–Kier alpha value is -3.63. The Morgan fingerprint density at radius 1 is 0.939 bits per heavy atom. The van der Waals surface area contributed by atoms with E-state index < -0.39 is 10.0 Å². The summed E-state index contributed by atoms with van der Waals surface area (Å²) < 4.78 is 39.0. The Bertz CT molecular complexity index is 1410. The maximum atomic E-state index is 12.7. The first-order valence-corrected chi connectivity index (χ1v) is 12.1. The van der Waals surface area contributed by atoms with E-state index in [-0.39, 0.29) is 10.8 Å². The molecule has 0 radical (unpaired) electrons. The number of methoxy groups -OCH3 is 2. The van der Waals surface area contributed by atoms with Crippen LogP contribution in [0, 0.1) is 6.92 Å². The Balaban J connectivity index is 1.48. The van der Waals surface area contributed by atoms with Crippen LogP contribution >= 0.6 is 11.3 Å². The van der Waals surface area contributed by atoms with E-state index in [1.165, 1.54) is 42.7 Å². The molecule has 33 heavy (non-hydrogen) atoms. The van der Waals surface area contributed by atoms with Crippen LogP contribution in [0.1, 0.15) is 15.9 Å². The highest BCUT2D eigenvalue weighted by molar-refractivity contribution is 7.92. The zero-order valence-corrected chi connectivity index (χ0v) is 19.7. The van der Waals surface area contributed by atoms with Gasteiger partial charge in [0.1, 0.15) is 17.0 Å².